The van der Waals surface area contributed by atoms with E-state index < -0.39 is 10.0 Å². The highest BCUT2D eigenvalue weighted by molar-refractivity contribution is 7.89. The molecule has 0 aromatic carbocycles. The monoisotopic (exact) mass is 275 g/mol. The average Bonchev–Trinajstić information content (AvgIpc) is 2.81. The van der Waals surface area contributed by atoms with Crippen molar-refractivity contribution in [2.24, 2.45) is 0 Å². The van der Waals surface area contributed by atoms with Crippen molar-refractivity contribution in [3.05, 3.63) is 17.9 Å². The van der Waals surface area contributed by atoms with E-state index >= 15 is 0 Å². The predicted octanol–water partition coefficient (Wildman–Crippen LogP) is 0.570. The second-order valence-corrected chi connectivity index (χ2v) is 6.27. The highest BCUT2D eigenvalue weighted by Gasteiger charge is 2.35. The maximum Gasteiger partial charge on any atom is 0.276 e. The quantitative estimate of drug-likeness (QED) is 0.872. The van der Waals surface area contributed by atoms with Crippen molar-refractivity contribution < 1.29 is 22.7 Å². The number of nitrogens with zero attached hydrogens (tertiary/aromatic N) is 1. The Hall–Kier alpha value is -0.890. The highest BCUT2D eigenvalue weighted by Crippen LogP contribution is 2.24. The summed E-state index contributed by atoms with van der Waals surface area (Å²) in [5, 5.41) is 8.77. The Labute approximate surface area is 106 Å². The number of sulfonamides is 1. The Morgan fingerprint density at radius 1 is 1.44 bits per heavy atom. The number of aliphatic hydroxyl groups excluding tert-OH is 1. The van der Waals surface area contributed by atoms with E-state index in [0.29, 0.717) is 13.2 Å². The molecule has 0 radical (unpaired) electrons. The number of morpholine rings is 1. The van der Waals surface area contributed by atoms with Crippen LogP contribution in [0.25, 0.3) is 0 Å². The molecule has 1 saturated heterocycles. The van der Waals surface area contributed by atoms with Crippen molar-refractivity contribution in [2.45, 2.75) is 37.7 Å². The molecule has 0 amide bonds. The lowest BCUT2D eigenvalue weighted by molar-refractivity contribution is -0.0175. The molecule has 0 saturated carbocycles. The van der Waals surface area contributed by atoms with Crippen LogP contribution in [0, 0.1) is 0 Å². The lowest BCUT2D eigenvalue weighted by Crippen LogP contribution is -2.49. The summed E-state index contributed by atoms with van der Waals surface area (Å²) in [6, 6.07) is 2.60. The number of ether oxygens (including phenoxy) is 1. The molecular weight excluding hydrogens is 258 g/mol. The Morgan fingerprint density at radius 2 is 2.17 bits per heavy atom. The van der Waals surface area contributed by atoms with E-state index in [2.05, 4.69) is 0 Å². The van der Waals surface area contributed by atoms with E-state index in [0.717, 1.165) is 0 Å². The molecule has 1 fully saturated rings. The minimum absolute atomic E-state index is 0.132. The first-order chi connectivity index (χ1) is 8.45. The van der Waals surface area contributed by atoms with Gasteiger partial charge in [0.1, 0.15) is 12.4 Å². The molecule has 2 rings (SSSR count). The van der Waals surface area contributed by atoms with Gasteiger partial charge in [-0.2, -0.15) is 4.31 Å². The Kier molecular flexibility index (Phi) is 3.76. The fourth-order valence-electron chi connectivity index (χ4n) is 1.91. The largest absolute Gasteiger partial charge is 0.446 e. The van der Waals surface area contributed by atoms with Gasteiger partial charge in [-0.3, -0.25) is 0 Å². The van der Waals surface area contributed by atoms with Crippen LogP contribution in [-0.4, -0.2) is 43.1 Å². The summed E-state index contributed by atoms with van der Waals surface area (Å²) >= 11 is 0. The minimum atomic E-state index is -3.66. The fourth-order valence-corrected chi connectivity index (χ4v) is 3.53. The number of furan rings is 1. The molecule has 1 aliphatic rings. The number of hydrogen-bond acceptors (Lipinski definition) is 5. The van der Waals surface area contributed by atoms with Gasteiger partial charge in [0, 0.05) is 12.6 Å². The Morgan fingerprint density at radius 3 is 2.78 bits per heavy atom. The first kappa shape index (κ1) is 13.5. The van der Waals surface area contributed by atoms with E-state index in [-0.39, 0.29) is 29.6 Å². The minimum Gasteiger partial charge on any atom is -0.446 e. The predicted molar refractivity (Wildman–Crippen MR) is 63.4 cm³/mol. The summed E-state index contributed by atoms with van der Waals surface area (Å²) < 4.78 is 36.6. The normalized spacial score (nSPS) is 26.4. The molecule has 1 N–H and O–H groups in total. The van der Waals surface area contributed by atoms with Crippen molar-refractivity contribution in [3.63, 3.8) is 0 Å². The third kappa shape index (κ3) is 2.44. The van der Waals surface area contributed by atoms with Gasteiger partial charge >= 0.3 is 0 Å². The second kappa shape index (κ2) is 5.00. The van der Waals surface area contributed by atoms with E-state index in [9.17, 15) is 8.42 Å². The van der Waals surface area contributed by atoms with Crippen LogP contribution in [0.3, 0.4) is 0 Å². The van der Waals surface area contributed by atoms with Crippen molar-refractivity contribution in [2.75, 3.05) is 13.2 Å². The maximum absolute atomic E-state index is 12.4. The third-order valence-corrected chi connectivity index (χ3v) is 4.76. The van der Waals surface area contributed by atoms with E-state index in [1.54, 1.807) is 6.92 Å². The Balaban J connectivity index is 2.29. The number of hydrogen-bond donors (Lipinski definition) is 1. The second-order valence-electron chi connectivity index (χ2n) is 4.45. The zero-order chi connectivity index (χ0) is 13.3. The topological polar surface area (TPSA) is 80.0 Å². The summed E-state index contributed by atoms with van der Waals surface area (Å²) in [6.45, 7) is 3.98. The molecule has 18 heavy (non-hydrogen) atoms. The summed E-state index contributed by atoms with van der Waals surface area (Å²) in [5.74, 6) is 0.238. The van der Waals surface area contributed by atoms with Gasteiger partial charge in [0.15, 0.2) is 0 Å². The molecule has 2 heterocycles. The molecule has 7 heteroatoms. The molecule has 0 bridgehead atoms. The van der Waals surface area contributed by atoms with Gasteiger partial charge in [0.05, 0.1) is 12.7 Å². The van der Waals surface area contributed by atoms with Gasteiger partial charge in [-0.15, -0.1) is 0 Å². The molecule has 2 atom stereocenters. The average molecular weight is 275 g/mol. The van der Waals surface area contributed by atoms with Crippen molar-refractivity contribution in [1.82, 2.24) is 4.31 Å². The van der Waals surface area contributed by atoms with Gasteiger partial charge in [0.25, 0.3) is 10.0 Å². The standard InChI is InChI=1S/C11H17NO5S/c1-8-7-16-9(2)5-12(8)18(14,15)11-4-3-10(6-13)17-11/h3-4,8-9,13H,5-7H2,1-2H3. The number of rotatable bonds is 3. The molecule has 0 spiro atoms. The first-order valence-corrected chi connectivity index (χ1v) is 7.22. The summed E-state index contributed by atoms with van der Waals surface area (Å²) in [7, 11) is -3.66. The number of aliphatic hydroxyl groups is 1. The van der Waals surface area contributed by atoms with Gasteiger partial charge in [-0.1, -0.05) is 0 Å². The van der Waals surface area contributed by atoms with Gasteiger partial charge in [0.2, 0.25) is 5.09 Å². The summed E-state index contributed by atoms with van der Waals surface area (Å²) in [4.78, 5) is 0. The molecule has 102 valence electrons. The third-order valence-electron chi connectivity index (χ3n) is 2.91. The van der Waals surface area contributed by atoms with Crippen LogP contribution in [0.5, 0.6) is 0 Å². The van der Waals surface area contributed by atoms with Crippen LogP contribution in [0.1, 0.15) is 19.6 Å². The van der Waals surface area contributed by atoms with Crippen molar-refractivity contribution >= 4 is 10.0 Å². The van der Waals surface area contributed by atoms with E-state index in [4.69, 9.17) is 14.3 Å². The van der Waals surface area contributed by atoms with Crippen LogP contribution < -0.4 is 0 Å². The Bertz CT molecular complexity index is 509. The molecular formula is C11H17NO5S. The molecule has 2 unspecified atom stereocenters. The van der Waals surface area contributed by atoms with E-state index in [1.165, 1.54) is 16.4 Å². The fraction of sp³-hybridized carbons (Fsp3) is 0.636. The van der Waals surface area contributed by atoms with Gasteiger partial charge in [-0.25, -0.2) is 8.42 Å². The van der Waals surface area contributed by atoms with E-state index in [1.807, 2.05) is 6.92 Å². The van der Waals surface area contributed by atoms with Crippen LogP contribution in [0.4, 0.5) is 0 Å². The molecule has 6 nitrogen and oxygen atoms in total. The lowest BCUT2D eigenvalue weighted by atomic mass is 10.2. The van der Waals surface area contributed by atoms with Gasteiger partial charge < -0.3 is 14.3 Å². The first-order valence-electron chi connectivity index (χ1n) is 5.78. The molecule has 1 aromatic heterocycles. The summed E-state index contributed by atoms with van der Waals surface area (Å²) in [5.41, 5.74) is 0. The van der Waals surface area contributed by atoms with Crippen LogP contribution >= 0.6 is 0 Å². The molecule has 0 aliphatic carbocycles. The lowest BCUT2D eigenvalue weighted by Gasteiger charge is -2.34. The SMILES string of the molecule is CC1CN(S(=O)(=O)c2ccc(CO)o2)C(C)CO1. The van der Waals surface area contributed by atoms with Crippen LogP contribution in [0.2, 0.25) is 0 Å². The molecule has 1 aliphatic heterocycles. The zero-order valence-corrected chi connectivity index (χ0v) is 11.2. The van der Waals surface area contributed by atoms with Crippen LogP contribution in [0.15, 0.2) is 21.6 Å². The zero-order valence-electron chi connectivity index (χ0n) is 10.4. The van der Waals surface area contributed by atoms with Crippen molar-refractivity contribution in [1.29, 1.82) is 0 Å². The summed E-state index contributed by atoms with van der Waals surface area (Å²) in [6.07, 6.45) is -0.136. The highest BCUT2D eigenvalue weighted by atomic mass is 32.2. The van der Waals surface area contributed by atoms with Crippen molar-refractivity contribution in [3.8, 4) is 0 Å². The molecule has 1 aromatic rings. The van der Waals surface area contributed by atoms with Gasteiger partial charge in [-0.05, 0) is 26.0 Å². The van der Waals surface area contributed by atoms with Crippen LogP contribution in [-0.2, 0) is 21.4 Å². The smallest absolute Gasteiger partial charge is 0.276 e. The maximum atomic E-state index is 12.4.